The number of anilines is 1. The highest BCUT2D eigenvalue weighted by atomic mass is 32.2. The Morgan fingerprint density at radius 2 is 1.84 bits per heavy atom. The van der Waals surface area contributed by atoms with E-state index in [9.17, 15) is 17.6 Å². The molecule has 1 atom stereocenters. The average molecular weight is 441 g/mol. The number of aryl methyl sites for hydroxylation is 1. The Morgan fingerprint density at radius 3 is 2.48 bits per heavy atom. The van der Waals surface area contributed by atoms with Gasteiger partial charge in [-0.3, -0.25) is 4.90 Å². The number of carbonyl (C=O) groups is 1. The molecule has 3 aromatic rings. The minimum absolute atomic E-state index is 0.127. The lowest BCUT2D eigenvalue weighted by molar-refractivity contribution is 0.242. The van der Waals surface area contributed by atoms with Gasteiger partial charge in [0.1, 0.15) is 11.6 Å². The molecule has 7 nitrogen and oxygen atoms in total. The number of amides is 2. The van der Waals surface area contributed by atoms with Gasteiger partial charge in [-0.2, -0.15) is 0 Å². The Morgan fingerprint density at radius 1 is 1.13 bits per heavy atom. The van der Waals surface area contributed by atoms with Crippen molar-refractivity contribution in [3.8, 4) is 11.3 Å². The number of nitrogens with zero attached hydrogens (tertiary/aromatic N) is 3. The van der Waals surface area contributed by atoms with Crippen molar-refractivity contribution in [2.24, 2.45) is 0 Å². The zero-order valence-corrected chi connectivity index (χ0v) is 18.1. The number of fused-ring (bicyclic) bond motifs is 1. The maximum Gasteiger partial charge on any atom is 0.323 e. The van der Waals surface area contributed by atoms with E-state index in [1.165, 1.54) is 17.0 Å². The number of halogens is 1. The topological polar surface area (TPSA) is 92.3 Å². The van der Waals surface area contributed by atoms with Crippen molar-refractivity contribution in [1.29, 1.82) is 0 Å². The molecule has 31 heavy (non-hydrogen) atoms. The molecule has 2 aromatic carbocycles. The number of sulfone groups is 1. The van der Waals surface area contributed by atoms with Crippen molar-refractivity contribution in [3.05, 3.63) is 71.0 Å². The highest BCUT2D eigenvalue weighted by molar-refractivity contribution is 7.90. The van der Waals surface area contributed by atoms with E-state index in [2.05, 4.69) is 15.3 Å². The fourth-order valence-electron chi connectivity index (χ4n) is 3.68. The molecule has 4 rings (SSSR count). The third-order valence-electron chi connectivity index (χ3n) is 5.27. The smallest absolute Gasteiger partial charge is 0.323 e. The maximum atomic E-state index is 13.7. The van der Waals surface area contributed by atoms with Crippen LogP contribution in [0, 0.1) is 12.7 Å². The monoisotopic (exact) mass is 440 g/mol. The lowest BCUT2D eigenvalue weighted by atomic mass is 9.99. The van der Waals surface area contributed by atoms with E-state index in [0.717, 1.165) is 11.8 Å². The van der Waals surface area contributed by atoms with Gasteiger partial charge in [-0.15, -0.1) is 0 Å². The Hall–Kier alpha value is -3.33. The molecule has 0 saturated carbocycles. The van der Waals surface area contributed by atoms with Crippen LogP contribution in [0.3, 0.4) is 0 Å². The third kappa shape index (κ3) is 3.88. The molecule has 0 spiro atoms. The van der Waals surface area contributed by atoms with Gasteiger partial charge in [-0.25, -0.2) is 27.6 Å². The van der Waals surface area contributed by atoms with E-state index in [1.54, 1.807) is 13.0 Å². The lowest BCUT2D eigenvalue weighted by Gasteiger charge is -2.34. The van der Waals surface area contributed by atoms with E-state index in [1.807, 2.05) is 37.3 Å². The van der Waals surface area contributed by atoms with Crippen molar-refractivity contribution < 1.29 is 17.6 Å². The van der Waals surface area contributed by atoms with Gasteiger partial charge in [0.15, 0.2) is 0 Å². The second-order valence-corrected chi connectivity index (χ2v) is 9.41. The predicted molar refractivity (Wildman–Crippen MR) is 115 cm³/mol. The van der Waals surface area contributed by atoms with Crippen LogP contribution in [0.5, 0.6) is 0 Å². The number of nitrogens with one attached hydrogen (secondary N) is 1. The van der Waals surface area contributed by atoms with E-state index in [4.69, 9.17) is 0 Å². The summed E-state index contributed by atoms with van der Waals surface area (Å²) < 4.78 is 38.4. The van der Waals surface area contributed by atoms with Crippen LogP contribution < -0.4 is 10.2 Å². The van der Waals surface area contributed by atoms with Gasteiger partial charge in [0.05, 0.1) is 18.3 Å². The summed E-state index contributed by atoms with van der Waals surface area (Å²) in [5.74, 6) is -0.172. The molecule has 1 N–H and O–H groups in total. The first-order valence-corrected chi connectivity index (χ1v) is 11.6. The van der Waals surface area contributed by atoms with E-state index in [-0.39, 0.29) is 23.6 Å². The molecule has 0 fully saturated rings. The first-order valence-electron chi connectivity index (χ1n) is 9.66. The van der Waals surface area contributed by atoms with Crippen molar-refractivity contribution in [2.45, 2.75) is 31.6 Å². The quantitative estimate of drug-likeness (QED) is 0.623. The molecule has 1 aliphatic rings. The summed E-state index contributed by atoms with van der Waals surface area (Å²) in [7, 11) is -3.77. The summed E-state index contributed by atoms with van der Waals surface area (Å²) in [6.07, 6.45) is 1.02. The minimum Gasteiger partial charge on any atom is -0.333 e. The summed E-state index contributed by atoms with van der Waals surface area (Å²) in [4.78, 5) is 22.9. The fourth-order valence-corrected chi connectivity index (χ4v) is 4.19. The summed E-state index contributed by atoms with van der Waals surface area (Å²) in [5.41, 5.74) is 2.97. The second-order valence-electron chi connectivity index (χ2n) is 7.50. The Labute approximate surface area is 179 Å². The van der Waals surface area contributed by atoms with Crippen LogP contribution >= 0.6 is 0 Å². The van der Waals surface area contributed by atoms with Crippen molar-refractivity contribution in [1.82, 2.24) is 15.3 Å². The standard InChI is InChI=1S/C22H21FN4O3S/c1-13-11-16(23)9-10-17(13)19-18-12-24-22(28)27(14(2)15-7-5-4-6-8-15)20(18)26-21(25-19)31(3,29)30/h4-11,14H,12H2,1-3H3,(H,24,28)/t14-/m0/s1. The zero-order chi connectivity index (χ0) is 22.3. The number of hydrogen-bond acceptors (Lipinski definition) is 5. The molecule has 1 aromatic heterocycles. The normalized spacial score (nSPS) is 14.7. The van der Waals surface area contributed by atoms with Crippen LogP contribution in [0.25, 0.3) is 11.3 Å². The first-order chi connectivity index (χ1) is 14.7. The van der Waals surface area contributed by atoms with Gasteiger partial charge in [-0.1, -0.05) is 30.3 Å². The zero-order valence-electron chi connectivity index (χ0n) is 17.3. The Kier molecular flexibility index (Phi) is 5.22. The number of rotatable bonds is 4. The van der Waals surface area contributed by atoms with Crippen molar-refractivity contribution in [2.75, 3.05) is 11.2 Å². The van der Waals surface area contributed by atoms with Crippen LogP contribution in [0.4, 0.5) is 15.0 Å². The SMILES string of the molecule is Cc1cc(F)ccc1-c1nc(S(C)(=O)=O)nc2c1CNC(=O)N2[C@@H](C)c1ccccc1. The minimum atomic E-state index is -3.77. The molecule has 2 amide bonds. The van der Waals surface area contributed by atoms with E-state index < -0.39 is 21.7 Å². The Bertz CT molecular complexity index is 1280. The molecule has 1 aliphatic heterocycles. The molecule has 0 saturated heterocycles. The van der Waals surface area contributed by atoms with E-state index in [0.29, 0.717) is 22.4 Å². The molecular formula is C22H21FN4O3S. The first kappa shape index (κ1) is 20.9. The van der Waals surface area contributed by atoms with Gasteiger partial charge in [-0.05, 0) is 43.2 Å². The Balaban J connectivity index is 1.98. The average Bonchev–Trinajstić information content (AvgIpc) is 2.72. The molecule has 0 radical (unpaired) electrons. The van der Waals surface area contributed by atoms with Gasteiger partial charge in [0.2, 0.25) is 15.0 Å². The van der Waals surface area contributed by atoms with Crippen molar-refractivity contribution >= 4 is 21.7 Å². The number of carbonyl (C=O) groups excluding carboxylic acids is 1. The number of urea groups is 1. The second kappa shape index (κ2) is 7.73. The van der Waals surface area contributed by atoms with Gasteiger partial charge in [0.25, 0.3) is 0 Å². The van der Waals surface area contributed by atoms with Crippen LogP contribution in [-0.4, -0.2) is 30.7 Å². The predicted octanol–water partition coefficient (Wildman–Crippen LogP) is 3.79. The summed E-state index contributed by atoms with van der Waals surface area (Å²) in [5, 5.41) is 2.44. The number of aromatic nitrogens is 2. The highest BCUT2D eigenvalue weighted by Crippen LogP contribution is 2.37. The third-order valence-corrected chi connectivity index (χ3v) is 6.12. The van der Waals surface area contributed by atoms with Gasteiger partial charge >= 0.3 is 6.03 Å². The maximum absolute atomic E-state index is 13.7. The summed E-state index contributed by atoms with van der Waals surface area (Å²) >= 11 is 0. The molecule has 9 heteroatoms. The molecule has 0 unspecified atom stereocenters. The fraction of sp³-hybridized carbons (Fsp3) is 0.227. The van der Waals surface area contributed by atoms with Crippen LogP contribution in [0.2, 0.25) is 0 Å². The summed E-state index contributed by atoms with van der Waals surface area (Å²) in [6, 6.07) is 12.8. The summed E-state index contributed by atoms with van der Waals surface area (Å²) in [6.45, 7) is 3.69. The van der Waals surface area contributed by atoms with Gasteiger partial charge < -0.3 is 5.32 Å². The largest absolute Gasteiger partial charge is 0.333 e. The molecule has 0 bridgehead atoms. The van der Waals surface area contributed by atoms with Crippen LogP contribution in [0.15, 0.2) is 53.7 Å². The van der Waals surface area contributed by atoms with Crippen molar-refractivity contribution in [3.63, 3.8) is 0 Å². The molecule has 0 aliphatic carbocycles. The van der Waals surface area contributed by atoms with Gasteiger partial charge in [0, 0.05) is 17.4 Å². The number of hydrogen-bond donors (Lipinski definition) is 1. The van der Waals surface area contributed by atoms with Crippen LogP contribution in [0.1, 0.15) is 29.7 Å². The molecular weight excluding hydrogens is 419 g/mol. The number of benzene rings is 2. The molecule has 160 valence electrons. The van der Waals surface area contributed by atoms with Crippen LogP contribution in [-0.2, 0) is 16.4 Å². The molecule has 2 heterocycles. The lowest BCUT2D eigenvalue weighted by Crippen LogP contribution is -2.46. The van der Waals surface area contributed by atoms with E-state index >= 15 is 0 Å². The highest BCUT2D eigenvalue weighted by Gasteiger charge is 2.34.